The number of benzene rings is 2. The summed E-state index contributed by atoms with van der Waals surface area (Å²) in [5, 5.41) is 12.0. The zero-order chi connectivity index (χ0) is 24.3. The second-order valence-corrected chi connectivity index (χ2v) is 9.56. The monoisotopic (exact) mass is 474 g/mol. The van der Waals surface area contributed by atoms with Crippen LogP contribution >= 0.6 is 0 Å². The van der Waals surface area contributed by atoms with Gasteiger partial charge in [-0.25, -0.2) is 0 Å². The number of hydrogen-bond acceptors (Lipinski definition) is 6. The molecule has 4 aliphatic rings. The number of fused-ring (bicyclic) bond motifs is 3. The Balaban J connectivity index is 1.47. The Labute approximate surface area is 202 Å². The van der Waals surface area contributed by atoms with Gasteiger partial charge in [-0.3, -0.25) is 14.4 Å². The molecule has 8 nitrogen and oxygen atoms in total. The Morgan fingerprint density at radius 2 is 1.89 bits per heavy atom. The van der Waals surface area contributed by atoms with E-state index in [-0.39, 0.29) is 31.6 Å². The third-order valence-electron chi connectivity index (χ3n) is 7.64. The fourth-order valence-corrected chi connectivity index (χ4v) is 6.05. The van der Waals surface area contributed by atoms with E-state index in [1.807, 2.05) is 48.5 Å². The van der Waals surface area contributed by atoms with Gasteiger partial charge in [-0.1, -0.05) is 48.6 Å². The summed E-state index contributed by atoms with van der Waals surface area (Å²) >= 11 is 0. The molecule has 4 heterocycles. The molecule has 6 atom stereocenters. The van der Waals surface area contributed by atoms with Crippen LogP contribution in [0.4, 0.5) is 5.69 Å². The summed E-state index contributed by atoms with van der Waals surface area (Å²) in [6.07, 6.45) is 6.40. The van der Waals surface area contributed by atoms with Crippen molar-refractivity contribution in [2.45, 2.75) is 30.7 Å². The maximum absolute atomic E-state index is 14.2. The number of rotatable bonds is 3. The lowest BCUT2D eigenvalue weighted by atomic mass is 9.78. The molecule has 8 heteroatoms. The SMILES string of the molecule is C[C@H](CO)N1C(=O)[C@@H]2[C@@H]3C(=O)OCC=C[C@@H]3O[C@@]23C=CCN(c2ccc4ccccc4c2)C(=O)C13. The van der Waals surface area contributed by atoms with E-state index in [1.165, 1.54) is 4.90 Å². The number of aliphatic hydroxyl groups excluding tert-OH is 1. The molecule has 2 aromatic rings. The smallest absolute Gasteiger partial charge is 0.313 e. The fraction of sp³-hybridized carbons (Fsp3) is 0.370. The number of hydrogen-bond donors (Lipinski definition) is 1. The van der Waals surface area contributed by atoms with Gasteiger partial charge >= 0.3 is 5.97 Å². The first kappa shape index (κ1) is 22.0. The Morgan fingerprint density at radius 3 is 2.69 bits per heavy atom. The van der Waals surface area contributed by atoms with Crippen molar-refractivity contribution in [1.29, 1.82) is 0 Å². The first-order valence-corrected chi connectivity index (χ1v) is 11.9. The van der Waals surface area contributed by atoms with Crippen LogP contribution in [0.2, 0.25) is 0 Å². The van der Waals surface area contributed by atoms with Gasteiger partial charge in [0.1, 0.15) is 24.2 Å². The Hall–Kier alpha value is -3.49. The summed E-state index contributed by atoms with van der Waals surface area (Å²) in [7, 11) is 0. The summed E-state index contributed by atoms with van der Waals surface area (Å²) in [5.74, 6) is -2.98. The molecule has 2 saturated heterocycles. The molecule has 0 radical (unpaired) electrons. The third kappa shape index (κ3) is 3.10. The number of nitrogens with zero attached hydrogens (tertiary/aromatic N) is 2. The van der Waals surface area contributed by atoms with Crippen LogP contribution in [0.1, 0.15) is 6.92 Å². The van der Waals surface area contributed by atoms with Crippen LogP contribution in [0.3, 0.4) is 0 Å². The van der Waals surface area contributed by atoms with Crippen molar-refractivity contribution in [3.05, 3.63) is 66.8 Å². The summed E-state index contributed by atoms with van der Waals surface area (Å²) in [6, 6.07) is 12.0. The standard InChI is InChI=1S/C27H26N2O6/c1-16(15-30)29-23-25(32)28(19-10-9-17-6-2-3-7-18(17)14-19)12-5-11-27(23)22(24(29)31)21-20(35-27)8-4-13-34-26(21)33/h2-11,14,16,20-23,30H,12-13,15H2,1H3/t16-,20+,21-,22+,23?,27+/m1/s1. The number of carbonyl (C=O) groups excluding carboxylic acids is 3. The highest BCUT2D eigenvalue weighted by atomic mass is 16.6. The zero-order valence-corrected chi connectivity index (χ0v) is 19.2. The average molecular weight is 475 g/mol. The van der Waals surface area contributed by atoms with Crippen molar-refractivity contribution in [2.24, 2.45) is 11.8 Å². The third-order valence-corrected chi connectivity index (χ3v) is 7.64. The molecule has 1 unspecified atom stereocenters. The minimum atomic E-state index is -1.33. The molecule has 1 N–H and O–H groups in total. The lowest BCUT2D eigenvalue weighted by Gasteiger charge is -2.37. The lowest BCUT2D eigenvalue weighted by Crippen LogP contribution is -2.57. The summed E-state index contributed by atoms with van der Waals surface area (Å²) in [6.45, 7) is 1.78. The fourth-order valence-electron chi connectivity index (χ4n) is 6.05. The van der Waals surface area contributed by atoms with Gasteiger partial charge in [-0.05, 0) is 35.9 Å². The first-order valence-electron chi connectivity index (χ1n) is 11.9. The molecule has 2 aromatic carbocycles. The van der Waals surface area contributed by atoms with E-state index in [2.05, 4.69) is 0 Å². The van der Waals surface area contributed by atoms with Crippen molar-refractivity contribution >= 4 is 34.2 Å². The quantitative estimate of drug-likeness (QED) is 0.539. The van der Waals surface area contributed by atoms with E-state index in [1.54, 1.807) is 30.1 Å². The molecule has 6 rings (SSSR count). The number of carbonyl (C=O) groups is 3. The van der Waals surface area contributed by atoms with Gasteiger partial charge in [0, 0.05) is 12.2 Å². The molecule has 180 valence electrons. The Kier molecular flexibility index (Phi) is 5.05. The van der Waals surface area contributed by atoms with E-state index in [0.29, 0.717) is 5.69 Å². The molecule has 4 aliphatic heterocycles. The van der Waals surface area contributed by atoms with E-state index < -0.39 is 41.6 Å². The van der Waals surface area contributed by atoms with Gasteiger partial charge in [0.15, 0.2) is 0 Å². The largest absolute Gasteiger partial charge is 0.461 e. The van der Waals surface area contributed by atoms with Crippen LogP contribution in [-0.2, 0) is 23.9 Å². The van der Waals surface area contributed by atoms with Crippen molar-refractivity contribution in [1.82, 2.24) is 4.90 Å². The molecule has 0 saturated carbocycles. The predicted octanol–water partition coefficient (Wildman–Crippen LogP) is 1.82. The van der Waals surface area contributed by atoms with Crippen molar-refractivity contribution in [3.63, 3.8) is 0 Å². The van der Waals surface area contributed by atoms with Gasteiger partial charge in [0.05, 0.1) is 24.7 Å². The number of likely N-dealkylation sites (tertiary alicyclic amines) is 1. The number of ether oxygens (including phenoxy) is 2. The second kappa shape index (κ2) is 8.03. The first-order chi connectivity index (χ1) is 17.0. The van der Waals surface area contributed by atoms with Crippen molar-refractivity contribution in [3.8, 4) is 0 Å². The number of esters is 1. The summed E-state index contributed by atoms with van der Waals surface area (Å²) in [4.78, 5) is 44.0. The van der Waals surface area contributed by atoms with Gasteiger partial charge < -0.3 is 24.4 Å². The molecule has 35 heavy (non-hydrogen) atoms. The second-order valence-electron chi connectivity index (χ2n) is 9.56. The van der Waals surface area contributed by atoms with Crippen LogP contribution in [0.15, 0.2) is 66.8 Å². The highest BCUT2D eigenvalue weighted by Crippen LogP contribution is 2.53. The number of amides is 2. The molecule has 2 fully saturated rings. The number of cyclic esters (lactones) is 1. The van der Waals surface area contributed by atoms with E-state index in [4.69, 9.17) is 9.47 Å². The minimum Gasteiger partial charge on any atom is -0.461 e. The van der Waals surface area contributed by atoms with Gasteiger partial charge in [0.25, 0.3) is 5.91 Å². The number of aliphatic hydroxyl groups is 1. The van der Waals surface area contributed by atoms with Crippen molar-refractivity contribution in [2.75, 3.05) is 24.7 Å². The van der Waals surface area contributed by atoms with Crippen LogP contribution < -0.4 is 4.90 Å². The molecule has 0 aliphatic carbocycles. The molecular weight excluding hydrogens is 448 g/mol. The van der Waals surface area contributed by atoms with Crippen molar-refractivity contribution < 1.29 is 29.0 Å². The van der Waals surface area contributed by atoms with E-state index >= 15 is 0 Å². The van der Waals surface area contributed by atoms with Crippen LogP contribution in [-0.4, -0.2) is 71.3 Å². The van der Waals surface area contributed by atoms with Gasteiger partial charge in [0.2, 0.25) is 5.91 Å². The summed E-state index contributed by atoms with van der Waals surface area (Å²) < 4.78 is 11.8. The predicted molar refractivity (Wildman–Crippen MR) is 127 cm³/mol. The highest BCUT2D eigenvalue weighted by molar-refractivity contribution is 6.06. The Bertz CT molecular complexity index is 1290. The maximum Gasteiger partial charge on any atom is 0.313 e. The zero-order valence-electron chi connectivity index (χ0n) is 19.2. The minimum absolute atomic E-state index is 0.119. The van der Waals surface area contributed by atoms with E-state index in [0.717, 1.165) is 10.8 Å². The van der Waals surface area contributed by atoms with Gasteiger partial charge in [-0.2, -0.15) is 0 Å². The Morgan fingerprint density at radius 1 is 1.09 bits per heavy atom. The molecule has 2 amide bonds. The molecule has 1 spiro atoms. The van der Waals surface area contributed by atoms with Gasteiger partial charge in [-0.15, -0.1) is 0 Å². The highest BCUT2D eigenvalue weighted by Gasteiger charge is 2.72. The van der Waals surface area contributed by atoms with E-state index in [9.17, 15) is 19.5 Å². The van der Waals surface area contributed by atoms with Crippen LogP contribution in [0.5, 0.6) is 0 Å². The normalized spacial score (nSPS) is 32.7. The van der Waals surface area contributed by atoms with Crippen LogP contribution in [0, 0.1) is 11.8 Å². The number of anilines is 1. The van der Waals surface area contributed by atoms with Crippen LogP contribution in [0.25, 0.3) is 10.8 Å². The molecular formula is C27H26N2O6. The lowest BCUT2D eigenvalue weighted by molar-refractivity contribution is -0.153. The average Bonchev–Trinajstić information content (AvgIpc) is 3.18. The summed E-state index contributed by atoms with van der Waals surface area (Å²) in [5.41, 5.74) is -0.631. The molecule has 0 aromatic heterocycles. The maximum atomic E-state index is 14.2. The topological polar surface area (TPSA) is 96.4 Å². The molecule has 0 bridgehead atoms.